The highest BCUT2D eigenvalue weighted by atomic mass is 19.3. The second-order valence-electron chi connectivity index (χ2n) is 2.36. The predicted molar refractivity (Wildman–Crippen MR) is 45.5 cm³/mol. The van der Waals surface area contributed by atoms with Crippen molar-refractivity contribution < 1.29 is 14.0 Å². The van der Waals surface area contributed by atoms with Crippen LogP contribution in [0.15, 0.2) is 30.3 Å². The average Bonchev–Trinajstić information content (AvgIpc) is 2.16. The van der Waals surface area contributed by atoms with Crippen molar-refractivity contribution in [1.82, 2.24) is 0 Å². The van der Waals surface area contributed by atoms with E-state index in [0.29, 0.717) is 12.1 Å². The largest absolute Gasteiger partial charge is 0.561 e. The van der Waals surface area contributed by atoms with Gasteiger partial charge in [0.05, 0.1) is 0 Å². The molecule has 0 heterocycles. The smallest absolute Gasteiger partial charge is 0.534 e. The number of hydrogen-bond acceptors (Lipinski definition) is 2. The molecule has 0 aliphatic heterocycles. The van der Waals surface area contributed by atoms with Gasteiger partial charge in [0.25, 0.3) is 0 Å². The van der Waals surface area contributed by atoms with Crippen LogP contribution in [0.5, 0.6) is 5.75 Å². The van der Waals surface area contributed by atoms with E-state index in [-0.39, 0.29) is 0 Å². The van der Waals surface area contributed by atoms with Crippen LogP contribution >= 0.6 is 0 Å². The minimum atomic E-state index is -0.799. The molecule has 1 rings (SSSR count). The fourth-order valence-electron chi connectivity index (χ4n) is 0.815. The van der Waals surface area contributed by atoms with Crippen LogP contribution in [0.3, 0.4) is 0 Å². The van der Waals surface area contributed by atoms with Crippen molar-refractivity contribution in [3.05, 3.63) is 30.3 Å². The molecule has 1 aromatic carbocycles. The van der Waals surface area contributed by atoms with E-state index in [1.807, 2.05) is 18.2 Å². The molecule has 0 unspecified atom stereocenters. The van der Waals surface area contributed by atoms with Crippen molar-refractivity contribution in [1.29, 1.82) is 0 Å². The lowest BCUT2D eigenvalue weighted by atomic mass is 9.87. The Kier molecular flexibility index (Phi) is 3.61. The molecular formula is C8H10BFO2. The summed E-state index contributed by atoms with van der Waals surface area (Å²) in [5, 5.41) is 0. The number of rotatable bonds is 4. The summed E-state index contributed by atoms with van der Waals surface area (Å²) in [5.74, 6) is 0.613. The lowest BCUT2D eigenvalue weighted by molar-refractivity contribution is -0.0286. The van der Waals surface area contributed by atoms with Gasteiger partial charge >= 0.3 is 7.12 Å². The number of para-hydroxylation sites is 1. The first-order valence-corrected chi connectivity index (χ1v) is 3.86. The number of hydrogen-bond donors (Lipinski definition) is 0. The summed E-state index contributed by atoms with van der Waals surface area (Å²) in [6.45, 7) is 1.78. The Hall–Kier alpha value is -1.03. The zero-order valence-electron chi connectivity index (χ0n) is 6.87. The van der Waals surface area contributed by atoms with Crippen LogP contribution in [-0.4, -0.2) is 7.12 Å². The minimum absolute atomic E-state index is 0.478. The Morgan fingerprint density at radius 1 is 1.33 bits per heavy atom. The van der Waals surface area contributed by atoms with Crippen molar-refractivity contribution in [2.45, 2.75) is 13.2 Å². The van der Waals surface area contributed by atoms with Crippen molar-refractivity contribution >= 4 is 7.12 Å². The molecule has 0 spiro atoms. The molecule has 0 N–H and O–H groups in total. The Morgan fingerprint density at radius 2 is 2.00 bits per heavy atom. The maximum Gasteiger partial charge on any atom is 0.561 e. The van der Waals surface area contributed by atoms with Gasteiger partial charge in [-0.2, -0.15) is 0 Å². The highest BCUT2D eigenvalue weighted by molar-refractivity contribution is 6.44. The Bertz CT molecular complexity index is 214. The molecule has 1 aromatic rings. The summed E-state index contributed by atoms with van der Waals surface area (Å²) in [6, 6.07) is 9.01. The van der Waals surface area contributed by atoms with Crippen LogP contribution in [0.25, 0.3) is 0 Å². The van der Waals surface area contributed by atoms with Crippen LogP contribution < -0.4 is 4.65 Å². The molecule has 0 radical (unpaired) electrons. The minimum Gasteiger partial charge on any atom is -0.534 e. The highest BCUT2D eigenvalue weighted by Crippen LogP contribution is 2.11. The summed E-state index contributed by atoms with van der Waals surface area (Å²) >= 11 is 0. The molecule has 4 heteroatoms. The van der Waals surface area contributed by atoms with E-state index in [1.165, 1.54) is 0 Å². The first-order valence-electron chi connectivity index (χ1n) is 3.86. The second-order valence-corrected chi connectivity index (χ2v) is 2.36. The number of benzene rings is 1. The average molecular weight is 168 g/mol. The van der Waals surface area contributed by atoms with Gasteiger partial charge in [0.2, 0.25) is 0 Å². The molecule has 0 atom stereocenters. The predicted octanol–water partition coefficient (Wildman–Crippen LogP) is 2.47. The standard InChI is InChI=1S/C8H10BFO2/c1-2-9(12-10)11-8-6-4-3-5-7-8/h3-7H,2H2,1H3. The zero-order chi connectivity index (χ0) is 8.81. The molecule has 0 aliphatic rings. The van der Waals surface area contributed by atoms with E-state index < -0.39 is 7.12 Å². The molecular weight excluding hydrogens is 158 g/mol. The van der Waals surface area contributed by atoms with Crippen molar-refractivity contribution in [2.75, 3.05) is 0 Å². The molecule has 0 amide bonds. The van der Waals surface area contributed by atoms with Gasteiger partial charge in [-0.25, -0.2) is 4.86 Å². The van der Waals surface area contributed by atoms with E-state index in [9.17, 15) is 4.53 Å². The van der Waals surface area contributed by atoms with Crippen LogP contribution in [0.1, 0.15) is 6.92 Å². The van der Waals surface area contributed by atoms with Crippen LogP contribution in [0.4, 0.5) is 4.53 Å². The van der Waals surface area contributed by atoms with Crippen molar-refractivity contribution in [2.24, 2.45) is 0 Å². The number of halogens is 1. The molecule has 0 fully saturated rings. The van der Waals surface area contributed by atoms with Gasteiger partial charge in [-0.05, 0) is 18.5 Å². The van der Waals surface area contributed by atoms with E-state index in [2.05, 4.69) is 4.86 Å². The second kappa shape index (κ2) is 4.77. The molecule has 0 saturated carbocycles. The fourth-order valence-corrected chi connectivity index (χ4v) is 0.815. The summed E-state index contributed by atoms with van der Waals surface area (Å²) in [6.07, 6.45) is 0.478. The van der Waals surface area contributed by atoms with Gasteiger partial charge in [-0.3, -0.25) is 0 Å². The summed E-state index contributed by atoms with van der Waals surface area (Å²) in [7, 11) is -0.799. The molecule has 2 nitrogen and oxygen atoms in total. The molecule has 0 saturated heterocycles. The SMILES string of the molecule is CCB(OF)Oc1ccccc1. The third-order valence-corrected chi connectivity index (χ3v) is 1.44. The Labute approximate surface area is 71.3 Å². The molecule has 0 bridgehead atoms. The molecule has 64 valence electrons. The molecule has 0 aliphatic carbocycles. The van der Waals surface area contributed by atoms with Gasteiger partial charge in [-0.1, -0.05) is 29.6 Å². The third kappa shape index (κ3) is 2.55. The monoisotopic (exact) mass is 168 g/mol. The lowest BCUT2D eigenvalue weighted by Crippen LogP contribution is -2.21. The van der Waals surface area contributed by atoms with Crippen molar-refractivity contribution in [3.63, 3.8) is 0 Å². The van der Waals surface area contributed by atoms with Gasteiger partial charge in [-0.15, -0.1) is 0 Å². The molecule has 0 aromatic heterocycles. The van der Waals surface area contributed by atoms with Gasteiger partial charge in [0.1, 0.15) is 5.75 Å². The Morgan fingerprint density at radius 3 is 2.50 bits per heavy atom. The van der Waals surface area contributed by atoms with Crippen LogP contribution in [-0.2, 0) is 4.86 Å². The Balaban J connectivity index is 2.51. The molecule has 12 heavy (non-hydrogen) atoms. The lowest BCUT2D eigenvalue weighted by Gasteiger charge is -2.07. The van der Waals surface area contributed by atoms with Crippen molar-refractivity contribution in [3.8, 4) is 5.75 Å². The fraction of sp³-hybridized carbons (Fsp3) is 0.250. The highest BCUT2D eigenvalue weighted by Gasteiger charge is 2.18. The van der Waals surface area contributed by atoms with E-state index in [1.54, 1.807) is 19.1 Å². The summed E-state index contributed by atoms with van der Waals surface area (Å²) < 4.78 is 16.8. The van der Waals surface area contributed by atoms with Crippen LogP contribution in [0, 0.1) is 0 Å². The summed E-state index contributed by atoms with van der Waals surface area (Å²) in [5.41, 5.74) is 0. The first kappa shape index (κ1) is 9.07. The zero-order valence-corrected chi connectivity index (χ0v) is 6.87. The van der Waals surface area contributed by atoms with Gasteiger partial charge < -0.3 is 4.65 Å². The van der Waals surface area contributed by atoms with E-state index >= 15 is 0 Å². The topological polar surface area (TPSA) is 18.5 Å². The third-order valence-electron chi connectivity index (χ3n) is 1.44. The normalized spacial score (nSPS) is 9.50. The van der Waals surface area contributed by atoms with E-state index in [4.69, 9.17) is 4.65 Å². The maximum absolute atomic E-state index is 11.7. The van der Waals surface area contributed by atoms with Crippen LogP contribution in [0.2, 0.25) is 6.32 Å². The quantitative estimate of drug-likeness (QED) is 0.642. The van der Waals surface area contributed by atoms with Gasteiger partial charge in [0.15, 0.2) is 0 Å². The maximum atomic E-state index is 11.7. The van der Waals surface area contributed by atoms with E-state index in [0.717, 1.165) is 0 Å². The van der Waals surface area contributed by atoms with Gasteiger partial charge in [0, 0.05) is 0 Å². The summed E-state index contributed by atoms with van der Waals surface area (Å²) in [4.78, 5) is 3.58. The first-order chi connectivity index (χ1) is 5.86.